The summed E-state index contributed by atoms with van der Waals surface area (Å²) < 4.78 is 19.6. The molecule has 3 aromatic rings. The van der Waals surface area contributed by atoms with Gasteiger partial charge in [0.1, 0.15) is 17.2 Å². The molecule has 0 saturated heterocycles. The molecule has 0 saturated carbocycles. The van der Waals surface area contributed by atoms with Gasteiger partial charge in [0, 0.05) is 11.1 Å². The lowest BCUT2D eigenvalue weighted by atomic mass is 9.80. The summed E-state index contributed by atoms with van der Waals surface area (Å²) >= 11 is 0. The second kappa shape index (κ2) is 10.9. The molecule has 0 fully saturated rings. The van der Waals surface area contributed by atoms with Crippen molar-refractivity contribution in [1.82, 2.24) is 0 Å². The SMILES string of the molecule is CC(C)(C)c1ccc(OP(Oc2ccccc2)Oc2ccc(C(C)(C)C)cc2C(C)(C)C)c(C(C)(C)C)c1. The molecule has 0 heterocycles. The van der Waals surface area contributed by atoms with Crippen LogP contribution in [-0.2, 0) is 21.7 Å². The molecular weight excluding hydrogens is 487 g/mol. The standard InChI is InChI=1S/C34H47O3P/c1-31(2,3)24-18-20-29(27(22-24)33(7,8)9)36-38(35-26-16-14-13-15-17-26)37-30-21-19-25(32(4,5)6)23-28(30)34(10,11)12/h13-23H,1-12H3. The lowest BCUT2D eigenvalue weighted by Gasteiger charge is -2.30. The van der Waals surface area contributed by atoms with Gasteiger partial charge in [-0.3, -0.25) is 0 Å². The largest absolute Gasteiger partial charge is 0.530 e. The van der Waals surface area contributed by atoms with Crippen molar-refractivity contribution >= 4 is 8.60 Å². The third-order valence-electron chi connectivity index (χ3n) is 6.58. The molecule has 38 heavy (non-hydrogen) atoms. The summed E-state index contributed by atoms with van der Waals surface area (Å²) in [5.74, 6) is 2.29. The van der Waals surface area contributed by atoms with E-state index in [1.165, 1.54) is 11.1 Å². The van der Waals surface area contributed by atoms with Crippen LogP contribution in [0.1, 0.15) is 105 Å². The first-order chi connectivity index (χ1) is 17.4. The maximum absolute atomic E-state index is 6.63. The summed E-state index contributed by atoms with van der Waals surface area (Å²) in [6.07, 6.45) is 0. The molecule has 206 valence electrons. The average molecular weight is 535 g/mol. The molecule has 0 aromatic heterocycles. The van der Waals surface area contributed by atoms with E-state index in [-0.39, 0.29) is 21.7 Å². The molecule has 0 amide bonds. The van der Waals surface area contributed by atoms with Crippen LogP contribution in [-0.4, -0.2) is 0 Å². The minimum atomic E-state index is -1.79. The Hall–Kier alpha value is -2.51. The fourth-order valence-electron chi connectivity index (χ4n) is 4.11. The van der Waals surface area contributed by atoms with Crippen molar-refractivity contribution < 1.29 is 13.6 Å². The Morgan fingerprint density at radius 2 is 0.842 bits per heavy atom. The smallest absolute Gasteiger partial charge is 0.409 e. The minimum absolute atomic E-state index is 0.0384. The molecule has 0 radical (unpaired) electrons. The Balaban J connectivity index is 2.08. The van der Waals surface area contributed by atoms with Gasteiger partial charge in [0.2, 0.25) is 0 Å². The van der Waals surface area contributed by atoms with Crippen LogP contribution in [0.3, 0.4) is 0 Å². The van der Waals surface area contributed by atoms with E-state index >= 15 is 0 Å². The van der Waals surface area contributed by atoms with E-state index in [1.54, 1.807) is 0 Å². The molecule has 4 heteroatoms. The number of benzene rings is 3. The minimum Gasteiger partial charge on any atom is -0.409 e. The van der Waals surface area contributed by atoms with Crippen molar-refractivity contribution in [2.45, 2.75) is 105 Å². The van der Waals surface area contributed by atoms with Crippen molar-refractivity contribution in [2.75, 3.05) is 0 Å². The third-order valence-corrected chi connectivity index (χ3v) is 7.63. The van der Waals surface area contributed by atoms with E-state index in [1.807, 2.05) is 30.3 Å². The fourth-order valence-corrected chi connectivity index (χ4v) is 5.15. The van der Waals surface area contributed by atoms with E-state index < -0.39 is 8.60 Å². The zero-order valence-corrected chi connectivity index (χ0v) is 26.4. The molecule has 0 aliphatic heterocycles. The lowest BCUT2D eigenvalue weighted by molar-refractivity contribution is 0.376. The van der Waals surface area contributed by atoms with Crippen LogP contribution in [0.25, 0.3) is 0 Å². The second-order valence-corrected chi connectivity index (χ2v) is 15.2. The van der Waals surface area contributed by atoms with Crippen LogP contribution in [0.5, 0.6) is 17.2 Å². The first-order valence-electron chi connectivity index (χ1n) is 13.5. The number of rotatable bonds is 6. The summed E-state index contributed by atoms with van der Waals surface area (Å²) in [5.41, 5.74) is 4.67. The van der Waals surface area contributed by atoms with Crippen LogP contribution < -0.4 is 13.6 Å². The molecule has 0 unspecified atom stereocenters. The van der Waals surface area contributed by atoms with Gasteiger partial charge < -0.3 is 13.6 Å². The van der Waals surface area contributed by atoms with Crippen molar-refractivity contribution in [1.29, 1.82) is 0 Å². The van der Waals surface area contributed by atoms with Gasteiger partial charge in [-0.05, 0) is 57.1 Å². The van der Waals surface area contributed by atoms with E-state index in [2.05, 4.69) is 119 Å². The topological polar surface area (TPSA) is 27.7 Å². The number of hydrogen-bond acceptors (Lipinski definition) is 3. The summed E-state index contributed by atoms with van der Waals surface area (Å²) in [4.78, 5) is 0. The number of para-hydroxylation sites is 1. The van der Waals surface area contributed by atoms with E-state index in [0.29, 0.717) is 5.75 Å². The van der Waals surface area contributed by atoms with Gasteiger partial charge in [0.15, 0.2) is 0 Å². The van der Waals surface area contributed by atoms with E-state index in [9.17, 15) is 0 Å². The van der Waals surface area contributed by atoms with Crippen molar-refractivity contribution in [2.24, 2.45) is 0 Å². The molecule has 0 N–H and O–H groups in total. The summed E-state index contributed by atoms with van der Waals surface area (Å²) in [7, 11) is -1.79. The zero-order chi connectivity index (χ0) is 28.5. The zero-order valence-electron chi connectivity index (χ0n) is 25.5. The van der Waals surface area contributed by atoms with Gasteiger partial charge in [0.05, 0.1) is 0 Å². The normalized spacial score (nSPS) is 13.0. The predicted molar refractivity (Wildman–Crippen MR) is 163 cm³/mol. The molecule has 0 spiro atoms. The Morgan fingerprint density at radius 1 is 0.447 bits per heavy atom. The van der Waals surface area contributed by atoms with Gasteiger partial charge in [0.25, 0.3) is 0 Å². The highest BCUT2D eigenvalue weighted by Crippen LogP contribution is 2.48. The van der Waals surface area contributed by atoms with E-state index in [0.717, 1.165) is 22.6 Å². The van der Waals surface area contributed by atoms with Crippen LogP contribution >= 0.6 is 8.60 Å². The molecule has 0 bridgehead atoms. The van der Waals surface area contributed by atoms with Crippen molar-refractivity contribution in [3.05, 3.63) is 89.0 Å². The molecule has 3 aromatic carbocycles. The van der Waals surface area contributed by atoms with Gasteiger partial charge in [-0.1, -0.05) is 126 Å². The Morgan fingerprint density at radius 3 is 1.18 bits per heavy atom. The molecule has 3 nitrogen and oxygen atoms in total. The highest BCUT2D eigenvalue weighted by atomic mass is 31.2. The molecule has 3 rings (SSSR count). The third kappa shape index (κ3) is 7.76. The summed E-state index contributed by atoms with van der Waals surface area (Å²) in [6.45, 7) is 26.7. The molecule has 0 aliphatic rings. The highest BCUT2D eigenvalue weighted by Gasteiger charge is 2.30. The second-order valence-electron chi connectivity index (χ2n) is 14.2. The van der Waals surface area contributed by atoms with Gasteiger partial charge in [-0.15, -0.1) is 0 Å². The molecule has 0 atom stereocenters. The Kier molecular flexibility index (Phi) is 8.64. The van der Waals surface area contributed by atoms with Crippen molar-refractivity contribution in [3.8, 4) is 17.2 Å². The maximum atomic E-state index is 6.63. The lowest BCUT2D eigenvalue weighted by Crippen LogP contribution is -2.19. The summed E-state index contributed by atoms with van der Waals surface area (Å²) in [5, 5.41) is 0. The quantitative estimate of drug-likeness (QED) is 0.294. The van der Waals surface area contributed by atoms with Gasteiger partial charge >= 0.3 is 8.60 Å². The van der Waals surface area contributed by atoms with Crippen molar-refractivity contribution in [3.63, 3.8) is 0 Å². The van der Waals surface area contributed by atoms with Gasteiger partial charge in [-0.2, -0.15) is 0 Å². The van der Waals surface area contributed by atoms with Gasteiger partial charge in [-0.25, -0.2) is 0 Å². The Bertz CT molecular complexity index is 1140. The fraction of sp³-hybridized carbons (Fsp3) is 0.471. The number of hydrogen-bond donors (Lipinski definition) is 0. The first kappa shape index (κ1) is 30.0. The Labute approximate surface area is 232 Å². The van der Waals surface area contributed by atoms with Crippen LogP contribution in [0.4, 0.5) is 0 Å². The van der Waals surface area contributed by atoms with Crippen LogP contribution in [0.2, 0.25) is 0 Å². The molecular formula is C34H47O3P. The average Bonchev–Trinajstić information content (AvgIpc) is 2.77. The maximum Gasteiger partial charge on any atom is 0.530 e. The summed E-state index contributed by atoms with van der Waals surface area (Å²) in [6, 6.07) is 22.7. The van der Waals surface area contributed by atoms with Crippen LogP contribution in [0.15, 0.2) is 66.7 Å². The first-order valence-corrected chi connectivity index (χ1v) is 14.6. The monoisotopic (exact) mass is 534 g/mol. The molecule has 0 aliphatic carbocycles. The van der Waals surface area contributed by atoms with Crippen LogP contribution in [0, 0.1) is 0 Å². The predicted octanol–water partition coefficient (Wildman–Crippen LogP) is 10.6. The van der Waals surface area contributed by atoms with E-state index in [4.69, 9.17) is 13.6 Å². The highest BCUT2D eigenvalue weighted by molar-refractivity contribution is 7.43.